The minimum absolute atomic E-state index is 0.137. The lowest BCUT2D eigenvalue weighted by molar-refractivity contribution is 0.386. The first kappa shape index (κ1) is 16.4. The second-order valence-corrected chi connectivity index (χ2v) is 5.99. The molecule has 21 heavy (non-hydrogen) atoms. The van der Waals surface area contributed by atoms with E-state index < -0.39 is 11.2 Å². The fourth-order valence-corrected chi connectivity index (χ4v) is 3.29. The van der Waals surface area contributed by atoms with Crippen LogP contribution in [0, 0.1) is 5.82 Å². The van der Waals surface area contributed by atoms with Gasteiger partial charge in [-0.3, -0.25) is 0 Å². The first-order valence-electron chi connectivity index (χ1n) is 5.98. The summed E-state index contributed by atoms with van der Waals surface area (Å²) < 4.78 is 24.5. The smallest absolute Gasteiger partial charge is 0.165 e. The maximum absolute atomic E-state index is 13.5. The van der Waals surface area contributed by atoms with Crippen LogP contribution in [0.3, 0.4) is 0 Å². The molecule has 0 heterocycles. The van der Waals surface area contributed by atoms with Gasteiger partial charge in [0.2, 0.25) is 0 Å². The van der Waals surface area contributed by atoms with Crippen LogP contribution in [0.25, 0.3) is 0 Å². The molecule has 1 unspecified atom stereocenters. The molecule has 6 heteroatoms. The molecule has 0 N–H and O–H groups in total. The van der Waals surface area contributed by atoms with Gasteiger partial charge in [0.1, 0.15) is 5.75 Å². The van der Waals surface area contributed by atoms with Gasteiger partial charge in [0.25, 0.3) is 0 Å². The Morgan fingerprint density at radius 2 is 1.86 bits per heavy atom. The Bertz CT molecular complexity index is 664. The third-order valence-electron chi connectivity index (χ3n) is 2.98. The summed E-state index contributed by atoms with van der Waals surface area (Å²) >= 11 is 16.0. The summed E-state index contributed by atoms with van der Waals surface area (Å²) in [5.41, 5.74) is 1.37. The van der Waals surface area contributed by atoms with E-state index in [1.54, 1.807) is 31.4 Å². The number of ether oxygens (including phenoxy) is 2. The Morgan fingerprint density at radius 1 is 1.14 bits per heavy atom. The highest BCUT2D eigenvalue weighted by Crippen LogP contribution is 2.41. The summed E-state index contributed by atoms with van der Waals surface area (Å²) in [6.07, 6.45) is 0. The van der Waals surface area contributed by atoms with E-state index in [0.717, 1.165) is 0 Å². The molecule has 0 amide bonds. The SMILES string of the molecule is COc1cc(C(Cl)c2cc(Cl)cc(Br)c2OC)ccc1F. The van der Waals surface area contributed by atoms with Gasteiger partial charge in [-0.15, -0.1) is 11.6 Å². The number of rotatable bonds is 4. The molecule has 2 rings (SSSR count). The van der Waals surface area contributed by atoms with E-state index in [0.29, 0.717) is 26.4 Å². The highest BCUT2D eigenvalue weighted by molar-refractivity contribution is 9.10. The van der Waals surface area contributed by atoms with Crippen molar-refractivity contribution in [2.45, 2.75) is 5.38 Å². The van der Waals surface area contributed by atoms with Crippen LogP contribution in [0.4, 0.5) is 4.39 Å². The highest BCUT2D eigenvalue weighted by Gasteiger charge is 2.20. The van der Waals surface area contributed by atoms with Gasteiger partial charge >= 0.3 is 0 Å². The number of benzene rings is 2. The van der Waals surface area contributed by atoms with Crippen LogP contribution in [0.15, 0.2) is 34.8 Å². The fraction of sp³-hybridized carbons (Fsp3) is 0.200. The molecule has 112 valence electrons. The lowest BCUT2D eigenvalue weighted by atomic mass is 10.0. The van der Waals surface area contributed by atoms with Crippen molar-refractivity contribution < 1.29 is 13.9 Å². The number of hydrogen-bond donors (Lipinski definition) is 0. The summed E-state index contributed by atoms with van der Waals surface area (Å²) in [5, 5.41) is -0.0261. The van der Waals surface area contributed by atoms with Crippen molar-refractivity contribution in [3.63, 3.8) is 0 Å². The monoisotopic (exact) mass is 392 g/mol. The molecule has 0 aliphatic heterocycles. The van der Waals surface area contributed by atoms with E-state index in [1.807, 2.05) is 0 Å². The van der Waals surface area contributed by atoms with E-state index in [-0.39, 0.29) is 5.75 Å². The minimum Gasteiger partial charge on any atom is -0.495 e. The van der Waals surface area contributed by atoms with Crippen LogP contribution in [-0.2, 0) is 0 Å². The maximum Gasteiger partial charge on any atom is 0.165 e. The van der Waals surface area contributed by atoms with Crippen molar-refractivity contribution in [3.8, 4) is 11.5 Å². The van der Waals surface area contributed by atoms with E-state index >= 15 is 0 Å². The van der Waals surface area contributed by atoms with Gasteiger partial charge in [-0.25, -0.2) is 4.39 Å². The Hall–Kier alpha value is -0.970. The zero-order valence-corrected chi connectivity index (χ0v) is 14.4. The van der Waals surface area contributed by atoms with E-state index in [4.69, 9.17) is 32.7 Å². The lowest BCUT2D eigenvalue weighted by Crippen LogP contribution is -2.00. The normalized spacial score (nSPS) is 12.1. The molecule has 2 aromatic rings. The number of alkyl halides is 1. The van der Waals surface area contributed by atoms with Crippen molar-refractivity contribution in [3.05, 3.63) is 56.8 Å². The van der Waals surface area contributed by atoms with Gasteiger partial charge in [0.15, 0.2) is 11.6 Å². The molecule has 0 aromatic heterocycles. The molecule has 0 radical (unpaired) electrons. The van der Waals surface area contributed by atoms with Crippen LogP contribution in [-0.4, -0.2) is 14.2 Å². The van der Waals surface area contributed by atoms with Crippen LogP contribution < -0.4 is 9.47 Å². The molecule has 2 aromatic carbocycles. The average molecular weight is 394 g/mol. The Morgan fingerprint density at radius 3 is 2.48 bits per heavy atom. The maximum atomic E-state index is 13.5. The number of methoxy groups -OCH3 is 2. The molecule has 0 bridgehead atoms. The van der Waals surface area contributed by atoms with Gasteiger partial charge in [0, 0.05) is 10.6 Å². The van der Waals surface area contributed by atoms with Gasteiger partial charge in [-0.05, 0) is 45.8 Å². The Kier molecular flexibility index (Phi) is 5.36. The van der Waals surface area contributed by atoms with Gasteiger partial charge in [0.05, 0.1) is 24.1 Å². The van der Waals surface area contributed by atoms with Crippen molar-refractivity contribution in [2.75, 3.05) is 14.2 Å². The van der Waals surface area contributed by atoms with Crippen LogP contribution >= 0.6 is 39.1 Å². The molecule has 1 atom stereocenters. The van der Waals surface area contributed by atoms with Gasteiger partial charge in [-0.1, -0.05) is 17.7 Å². The molecular weight excluding hydrogens is 382 g/mol. The quantitative estimate of drug-likeness (QED) is 0.630. The predicted molar refractivity (Wildman–Crippen MR) is 86.4 cm³/mol. The van der Waals surface area contributed by atoms with Crippen molar-refractivity contribution in [1.82, 2.24) is 0 Å². The third kappa shape index (κ3) is 3.44. The summed E-state index contributed by atoms with van der Waals surface area (Å²) in [4.78, 5) is 0. The zero-order valence-electron chi connectivity index (χ0n) is 11.3. The molecule has 0 spiro atoms. The van der Waals surface area contributed by atoms with E-state index in [2.05, 4.69) is 15.9 Å². The molecular formula is C15H12BrCl2FO2. The lowest BCUT2D eigenvalue weighted by Gasteiger charge is -2.17. The molecule has 0 aliphatic rings. The molecule has 0 fully saturated rings. The van der Waals surface area contributed by atoms with Crippen molar-refractivity contribution >= 4 is 39.1 Å². The summed E-state index contributed by atoms with van der Waals surface area (Å²) in [6, 6.07) is 7.91. The molecule has 2 nitrogen and oxygen atoms in total. The summed E-state index contributed by atoms with van der Waals surface area (Å²) in [6.45, 7) is 0. The third-order valence-corrected chi connectivity index (χ3v) is 4.28. The second-order valence-electron chi connectivity index (χ2n) is 4.27. The first-order valence-corrected chi connectivity index (χ1v) is 7.59. The van der Waals surface area contributed by atoms with Gasteiger partial charge in [-0.2, -0.15) is 0 Å². The second kappa shape index (κ2) is 6.86. The van der Waals surface area contributed by atoms with Crippen LogP contribution in [0.2, 0.25) is 5.02 Å². The van der Waals surface area contributed by atoms with Crippen LogP contribution in [0.1, 0.15) is 16.5 Å². The standard InChI is InChI=1S/C15H12BrCl2FO2/c1-20-13-5-8(3-4-12(13)19)14(18)10-6-9(17)7-11(16)15(10)21-2/h3-7,14H,1-2H3. The molecule has 0 saturated carbocycles. The van der Waals surface area contributed by atoms with E-state index in [1.165, 1.54) is 13.2 Å². The summed E-state index contributed by atoms with van der Waals surface area (Å²) in [7, 11) is 2.95. The zero-order chi connectivity index (χ0) is 15.6. The van der Waals surface area contributed by atoms with Crippen LogP contribution in [0.5, 0.6) is 11.5 Å². The van der Waals surface area contributed by atoms with Crippen molar-refractivity contribution in [1.29, 1.82) is 0 Å². The fourth-order valence-electron chi connectivity index (χ4n) is 2.00. The summed E-state index contributed by atoms with van der Waals surface area (Å²) in [5.74, 6) is 0.283. The Labute approximate surface area is 140 Å². The topological polar surface area (TPSA) is 18.5 Å². The largest absolute Gasteiger partial charge is 0.495 e. The number of halogens is 4. The molecule has 0 aliphatic carbocycles. The first-order chi connectivity index (χ1) is 9.97. The number of hydrogen-bond acceptors (Lipinski definition) is 2. The minimum atomic E-state index is -0.551. The predicted octanol–water partition coefficient (Wildman–Crippen LogP) is 5.59. The van der Waals surface area contributed by atoms with E-state index in [9.17, 15) is 4.39 Å². The van der Waals surface area contributed by atoms with Gasteiger partial charge < -0.3 is 9.47 Å². The Balaban J connectivity index is 2.51. The van der Waals surface area contributed by atoms with Crippen molar-refractivity contribution in [2.24, 2.45) is 0 Å². The average Bonchev–Trinajstić information content (AvgIpc) is 2.46. The molecule has 0 saturated heterocycles. The highest BCUT2D eigenvalue weighted by atomic mass is 79.9.